The fourth-order valence-corrected chi connectivity index (χ4v) is 0.816. The average molecular weight is 172 g/mol. The van der Waals surface area contributed by atoms with Gasteiger partial charge in [-0.1, -0.05) is 62.2 Å². The van der Waals surface area contributed by atoms with E-state index in [1.54, 1.807) is 12.2 Å². The minimum atomic E-state index is 1.22. The average Bonchev–Trinajstić information content (AvgIpc) is 2.19. The van der Waals surface area contributed by atoms with Gasteiger partial charge in [-0.15, -0.1) is 0 Å². The summed E-state index contributed by atoms with van der Waals surface area (Å²) in [5, 5.41) is 0. The zero-order valence-corrected chi connectivity index (χ0v) is 8.16. The fourth-order valence-electron chi connectivity index (χ4n) is 0.816. The molecule has 0 radical (unpaired) electrons. The molecule has 68 valence electrons. The lowest BCUT2D eigenvalue weighted by molar-refractivity contribution is 1.45. The first-order valence-electron chi connectivity index (χ1n) is 4.17. The third kappa shape index (κ3) is 4.81. The molecule has 0 bridgehead atoms. The molecule has 0 aliphatic rings. The lowest BCUT2D eigenvalue weighted by Gasteiger charge is -1.95. The Balaban J connectivity index is 0.000000310. The second-order valence-corrected chi connectivity index (χ2v) is 2.53. The molecule has 0 fully saturated rings. The molecule has 0 aromatic heterocycles. The Bertz CT molecular complexity index is 276. The van der Waals surface area contributed by atoms with Crippen molar-refractivity contribution in [1.82, 2.24) is 0 Å². The van der Waals surface area contributed by atoms with Gasteiger partial charge in [0.05, 0.1) is 0 Å². The van der Waals surface area contributed by atoms with Crippen molar-refractivity contribution in [1.29, 1.82) is 0 Å². The van der Waals surface area contributed by atoms with Gasteiger partial charge in [0.2, 0.25) is 0 Å². The van der Waals surface area contributed by atoms with E-state index in [4.69, 9.17) is 0 Å². The van der Waals surface area contributed by atoms with Gasteiger partial charge in [-0.25, -0.2) is 0 Å². The van der Waals surface area contributed by atoms with Gasteiger partial charge in [-0.2, -0.15) is 0 Å². The van der Waals surface area contributed by atoms with Crippen molar-refractivity contribution in [3.8, 4) is 0 Å². The SMILES string of the molecule is C=CC=C.C=Cc1ccccc1C. The molecule has 0 heteroatoms. The maximum atomic E-state index is 3.69. The summed E-state index contributed by atoms with van der Waals surface area (Å²) in [6, 6.07) is 8.19. The van der Waals surface area contributed by atoms with Crippen LogP contribution in [0.1, 0.15) is 11.1 Å². The number of hydrogen-bond acceptors (Lipinski definition) is 0. The Morgan fingerprint density at radius 1 is 1.00 bits per heavy atom. The maximum absolute atomic E-state index is 3.69. The van der Waals surface area contributed by atoms with Gasteiger partial charge in [0, 0.05) is 0 Å². The van der Waals surface area contributed by atoms with Crippen molar-refractivity contribution in [3.05, 3.63) is 67.3 Å². The molecule has 1 aromatic rings. The van der Waals surface area contributed by atoms with Gasteiger partial charge in [-0.05, 0) is 18.1 Å². The predicted octanol–water partition coefficient (Wildman–Crippen LogP) is 4.00. The van der Waals surface area contributed by atoms with Crippen LogP contribution < -0.4 is 0 Å². The highest BCUT2D eigenvalue weighted by molar-refractivity contribution is 5.50. The summed E-state index contributed by atoms with van der Waals surface area (Å²) >= 11 is 0. The third-order valence-electron chi connectivity index (χ3n) is 1.58. The summed E-state index contributed by atoms with van der Waals surface area (Å²) in [5.41, 5.74) is 2.50. The van der Waals surface area contributed by atoms with Crippen LogP contribution in [0, 0.1) is 6.92 Å². The van der Waals surface area contributed by atoms with Gasteiger partial charge in [0.15, 0.2) is 0 Å². The van der Waals surface area contributed by atoms with E-state index in [-0.39, 0.29) is 0 Å². The maximum Gasteiger partial charge on any atom is -0.0233 e. The van der Waals surface area contributed by atoms with Crippen LogP contribution in [0.3, 0.4) is 0 Å². The molecule has 0 aliphatic heterocycles. The van der Waals surface area contributed by atoms with Crippen molar-refractivity contribution >= 4 is 6.08 Å². The Hall–Kier alpha value is -1.56. The minimum absolute atomic E-state index is 1.22. The van der Waals surface area contributed by atoms with Gasteiger partial charge in [-0.3, -0.25) is 0 Å². The fraction of sp³-hybridized carbons (Fsp3) is 0.0769. The molecular formula is C13H16. The number of hydrogen-bond donors (Lipinski definition) is 0. The van der Waals surface area contributed by atoms with E-state index >= 15 is 0 Å². The van der Waals surface area contributed by atoms with Crippen molar-refractivity contribution in [2.45, 2.75) is 6.92 Å². The molecule has 13 heavy (non-hydrogen) atoms. The Morgan fingerprint density at radius 2 is 1.54 bits per heavy atom. The number of allylic oxidation sites excluding steroid dienone is 2. The summed E-state index contributed by atoms with van der Waals surface area (Å²) < 4.78 is 0. The molecule has 0 saturated heterocycles. The summed E-state index contributed by atoms with van der Waals surface area (Å²) in [6.07, 6.45) is 5.15. The van der Waals surface area contributed by atoms with Crippen LogP contribution in [-0.4, -0.2) is 0 Å². The first kappa shape index (κ1) is 11.4. The number of aryl methyl sites for hydroxylation is 1. The molecular weight excluding hydrogens is 156 g/mol. The van der Waals surface area contributed by atoms with Crippen LogP contribution in [0.5, 0.6) is 0 Å². The molecule has 0 amide bonds. The molecule has 0 N–H and O–H groups in total. The van der Waals surface area contributed by atoms with Crippen molar-refractivity contribution in [2.75, 3.05) is 0 Å². The van der Waals surface area contributed by atoms with E-state index in [2.05, 4.69) is 38.8 Å². The van der Waals surface area contributed by atoms with Crippen LogP contribution in [0.4, 0.5) is 0 Å². The van der Waals surface area contributed by atoms with Gasteiger partial charge >= 0.3 is 0 Å². The molecule has 1 aromatic carbocycles. The molecule has 0 nitrogen and oxygen atoms in total. The Labute approximate surface area is 80.9 Å². The zero-order valence-electron chi connectivity index (χ0n) is 8.16. The standard InChI is InChI=1S/C9H10.C4H6/c1-3-9-7-5-4-6-8(9)2;1-3-4-2/h3-7H,1H2,2H3;3-4H,1-2H2. The van der Waals surface area contributed by atoms with Crippen molar-refractivity contribution < 1.29 is 0 Å². The van der Waals surface area contributed by atoms with Crippen LogP contribution in [0.15, 0.2) is 56.2 Å². The highest BCUT2D eigenvalue weighted by Crippen LogP contribution is 2.06. The lowest BCUT2D eigenvalue weighted by Crippen LogP contribution is -1.75. The normalized spacial score (nSPS) is 7.77. The van der Waals surface area contributed by atoms with E-state index in [1.165, 1.54) is 11.1 Å². The van der Waals surface area contributed by atoms with Gasteiger partial charge in [0.1, 0.15) is 0 Å². The molecule has 0 aliphatic carbocycles. The largest absolute Gasteiger partial charge is 0.0991 e. The number of benzene rings is 1. The Kier molecular flexibility index (Phi) is 6.26. The van der Waals surface area contributed by atoms with E-state index in [0.29, 0.717) is 0 Å². The molecule has 0 unspecified atom stereocenters. The van der Waals surface area contributed by atoms with E-state index in [9.17, 15) is 0 Å². The molecule has 0 atom stereocenters. The van der Waals surface area contributed by atoms with E-state index in [0.717, 1.165) is 0 Å². The van der Waals surface area contributed by atoms with Gasteiger partial charge < -0.3 is 0 Å². The third-order valence-corrected chi connectivity index (χ3v) is 1.58. The highest BCUT2D eigenvalue weighted by Gasteiger charge is 1.86. The summed E-state index contributed by atoms with van der Waals surface area (Å²) in [4.78, 5) is 0. The second kappa shape index (κ2) is 7.11. The monoisotopic (exact) mass is 172 g/mol. The zero-order chi connectivity index (χ0) is 10.1. The summed E-state index contributed by atoms with van der Waals surface area (Å²) in [5.74, 6) is 0. The molecule has 0 heterocycles. The van der Waals surface area contributed by atoms with Crippen LogP contribution >= 0.6 is 0 Å². The van der Waals surface area contributed by atoms with Crippen molar-refractivity contribution in [2.24, 2.45) is 0 Å². The first-order chi connectivity index (χ1) is 6.26. The highest BCUT2D eigenvalue weighted by atomic mass is 13.9. The number of rotatable bonds is 2. The first-order valence-corrected chi connectivity index (χ1v) is 4.17. The quantitative estimate of drug-likeness (QED) is 0.591. The molecule has 0 saturated carbocycles. The minimum Gasteiger partial charge on any atom is -0.0991 e. The summed E-state index contributed by atoms with van der Waals surface area (Å²) in [7, 11) is 0. The van der Waals surface area contributed by atoms with E-state index in [1.807, 2.05) is 18.2 Å². The Morgan fingerprint density at radius 3 is 1.85 bits per heavy atom. The molecule has 1 rings (SSSR count). The van der Waals surface area contributed by atoms with Crippen molar-refractivity contribution in [3.63, 3.8) is 0 Å². The topological polar surface area (TPSA) is 0 Å². The smallest absolute Gasteiger partial charge is 0.0233 e. The van der Waals surface area contributed by atoms with E-state index < -0.39 is 0 Å². The molecule has 0 spiro atoms. The second-order valence-electron chi connectivity index (χ2n) is 2.53. The van der Waals surface area contributed by atoms with Crippen LogP contribution in [0.2, 0.25) is 0 Å². The summed E-state index contributed by atoms with van der Waals surface area (Å²) in [6.45, 7) is 12.5. The lowest BCUT2D eigenvalue weighted by atomic mass is 10.1. The predicted molar refractivity (Wildman–Crippen MR) is 61.7 cm³/mol. The van der Waals surface area contributed by atoms with Crippen LogP contribution in [-0.2, 0) is 0 Å². The van der Waals surface area contributed by atoms with Gasteiger partial charge in [0.25, 0.3) is 0 Å². The van der Waals surface area contributed by atoms with Crippen LogP contribution in [0.25, 0.3) is 6.08 Å².